The number of aromatic nitrogens is 2. The van der Waals surface area contributed by atoms with E-state index in [2.05, 4.69) is 28.4 Å². The van der Waals surface area contributed by atoms with Crippen molar-refractivity contribution in [2.75, 3.05) is 36.7 Å². The minimum atomic E-state index is -5.69. The Balaban J connectivity index is 2.15. The van der Waals surface area contributed by atoms with Crippen molar-refractivity contribution in [3.63, 3.8) is 0 Å². The molecule has 6 atom stereocenters. The van der Waals surface area contributed by atoms with Crippen LogP contribution in [0.2, 0.25) is 0 Å². The van der Waals surface area contributed by atoms with Crippen LogP contribution in [0.1, 0.15) is 6.92 Å². The number of alkyl halides is 1. The maximum Gasteiger partial charge on any atom is 0.490 e. The van der Waals surface area contributed by atoms with Crippen LogP contribution in [0.25, 0.3) is 0 Å². The van der Waals surface area contributed by atoms with E-state index in [4.69, 9.17) is 31.9 Å². The Bertz CT molecular complexity index is 1010. The van der Waals surface area contributed by atoms with Crippen molar-refractivity contribution >= 4 is 52.4 Å². The molecule has 0 spiro atoms. The van der Waals surface area contributed by atoms with Gasteiger partial charge in [-0.15, -0.1) is 11.6 Å². The van der Waals surface area contributed by atoms with Crippen molar-refractivity contribution < 1.29 is 56.3 Å². The lowest BCUT2D eigenvalue weighted by Crippen LogP contribution is -2.48. The number of phosphoric acid groups is 3. The molecule has 1 aliphatic heterocycles. The van der Waals surface area contributed by atoms with Crippen LogP contribution in [0.15, 0.2) is 6.33 Å². The van der Waals surface area contributed by atoms with Crippen LogP contribution in [0, 0.1) is 0 Å². The Morgan fingerprint density at radius 1 is 1.24 bits per heavy atom. The van der Waals surface area contributed by atoms with Gasteiger partial charge in [-0.3, -0.25) is 4.52 Å². The molecule has 1 fully saturated rings. The summed E-state index contributed by atoms with van der Waals surface area (Å²) < 4.78 is 51.5. The average molecular weight is 558 g/mol. The number of nitrogens with two attached hydrogens (primary N) is 1. The van der Waals surface area contributed by atoms with E-state index >= 15 is 0 Å². The van der Waals surface area contributed by atoms with Crippen molar-refractivity contribution in [1.82, 2.24) is 9.97 Å². The fraction of sp³-hybridized carbons (Fsp3) is 0.667. The Kier molecular flexibility index (Phi) is 8.58. The smallest absolute Gasteiger partial charge is 0.388 e. The quantitative estimate of drug-likeness (QED) is 0.147. The van der Waals surface area contributed by atoms with Crippen molar-refractivity contribution in [1.29, 1.82) is 0 Å². The number of nitrogens with one attached hydrogen (secondary N) is 1. The minimum Gasteiger partial charge on any atom is -0.388 e. The van der Waals surface area contributed by atoms with E-state index in [-0.39, 0.29) is 11.6 Å². The number of hydrogen-bond acceptors (Lipinski definition) is 13. The fourth-order valence-electron chi connectivity index (χ4n) is 2.96. The topological polar surface area (TPSA) is 256 Å². The second-order valence-corrected chi connectivity index (χ2v) is 12.1. The molecule has 2 unspecified atom stereocenters. The van der Waals surface area contributed by atoms with E-state index in [0.29, 0.717) is 5.69 Å². The zero-order valence-electron chi connectivity index (χ0n) is 17.2. The molecule has 0 saturated carbocycles. The second-order valence-electron chi connectivity index (χ2n) is 6.83. The molecule has 0 radical (unpaired) electrons. The van der Waals surface area contributed by atoms with E-state index in [9.17, 15) is 28.6 Å². The molecule has 2 heterocycles. The summed E-state index contributed by atoms with van der Waals surface area (Å²) in [7, 11) is -13.6. The molecular weight excluding hydrogens is 535 g/mol. The maximum atomic E-state index is 11.9. The number of rotatable bonds is 10. The lowest BCUT2D eigenvalue weighted by molar-refractivity contribution is -0.0208. The van der Waals surface area contributed by atoms with E-state index < -0.39 is 53.4 Å². The average Bonchev–Trinajstić information content (AvgIpc) is 2.86. The SMILES string of the molecule is CNc1c(N)ncnc1N(C)[C@@H]1O[C@H](COP(=O)(O)OP(=O)(O)OP(=O)(O)O)[C@@H](O)[C@@]1(C)Cl. The van der Waals surface area contributed by atoms with Crippen LogP contribution in [-0.4, -0.2) is 78.7 Å². The van der Waals surface area contributed by atoms with Gasteiger partial charge in [0.15, 0.2) is 17.9 Å². The number of aliphatic hydroxyl groups excluding tert-OH is 1. The van der Waals surface area contributed by atoms with Crippen LogP contribution >= 0.6 is 35.1 Å². The standard InChI is InChI=1S/C12H23ClN5O12P3/c1-12(13)8(19)6(4-27-32(23,24)30-33(25,26)29-31(20,21)22)28-11(12)18(3)10-7(15-2)9(14)16-5-17-10/h5-6,8,11,15,19H,4H2,1-3H3,(H,23,24)(H,25,26)(H2,14,16,17)(H2,20,21,22)/t6-,8-,11-,12-/m1/s1. The largest absolute Gasteiger partial charge is 0.490 e. The first-order valence-electron chi connectivity index (χ1n) is 8.72. The molecule has 1 aromatic heterocycles. The first kappa shape index (κ1) is 28.3. The Morgan fingerprint density at radius 2 is 1.85 bits per heavy atom. The van der Waals surface area contributed by atoms with Gasteiger partial charge >= 0.3 is 23.5 Å². The molecule has 0 bridgehead atoms. The van der Waals surface area contributed by atoms with Crippen molar-refractivity contribution in [2.45, 2.75) is 30.2 Å². The second kappa shape index (κ2) is 9.99. The van der Waals surface area contributed by atoms with Gasteiger partial charge in [-0.05, 0) is 6.92 Å². The lowest BCUT2D eigenvalue weighted by Gasteiger charge is -2.34. The van der Waals surface area contributed by atoms with Gasteiger partial charge < -0.3 is 45.4 Å². The first-order chi connectivity index (χ1) is 14.9. The molecule has 33 heavy (non-hydrogen) atoms. The lowest BCUT2D eigenvalue weighted by atomic mass is 10.0. The summed E-state index contributed by atoms with van der Waals surface area (Å²) in [4.78, 5) is 43.7. The highest BCUT2D eigenvalue weighted by molar-refractivity contribution is 7.66. The molecule has 2 rings (SSSR count). The predicted molar refractivity (Wildman–Crippen MR) is 113 cm³/mol. The van der Waals surface area contributed by atoms with Crippen LogP contribution < -0.4 is 16.0 Å². The predicted octanol–water partition coefficient (Wildman–Crippen LogP) is -0.0367. The van der Waals surface area contributed by atoms with Crippen LogP contribution in [0.3, 0.4) is 0 Å². The Labute approximate surface area is 192 Å². The molecule has 1 saturated heterocycles. The fourth-order valence-corrected chi connectivity index (χ4v) is 6.33. The first-order valence-corrected chi connectivity index (χ1v) is 13.6. The van der Waals surface area contributed by atoms with Crippen LogP contribution in [0.4, 0.5) is 17.3 Å². The molecular formula is C12H23ClN5O12P3. The third-order valence-electron chi connectivity index (χ3n) is 4.33. The van der Waals surface area contributed by atoms with Crippen molar-refractivity contribution in [3.05, 3.63) is 6.33 Å². The number of aliphatic hydroxyl groups is 1. The monoisotopic (exact) mass is 557 g/mol. The molecule has 1 aromatic rings. The van der Waals surface area contributed by atoms with Gasteiger partial charge in [0.05, 0.1) is 6.61 Å². The Morgan fingerprint density at radius 3 is 2.39 bits per heavy atom. The summed E-state index contributed by atoms with van der Waals surface area (Å²) in [5.41, 5.74) is 6.15. The summed E-state index contributed by atoms with van der Waals surface area (Å²) >= 11 is 6.47. The van der Waals surface area contributed by atoms with Gasteiger partial charge in [0.1, 0.15) is 29.1 Å². The van der Waals surface area contributed by atoms with Gasteiger partial charge in [-0.25, -0.2) is 23.7 Å². The maximum absolute atomic E-state index is 11.9. The van der Waals surface area contributed by atoms with Crippen LogP contribution in [0.5, 0.6) is 0 Å². The summed E-state index contributed by atoms with van der Waals surface area (Å²) in [5.74, 6) is 0.371. The molecule has 21 heteroatoms. The molecule has 8 N–H and O–H groups in total. The van der Waals surface area contributed by atoms with Crippen molar-refractivity contribution in [2.24, 2.45) is 0 Å². The molecule has 0 amide bonds. The number of nitrogen functional groups attached to an aromatic ring is 1. The molecule has 190 valence electrons. The number of nitrogens with zero attached hydrogens (tertiary/aromatic N) is 3. The highest BCUT2D eigenvalue weighted by Crippen LogP contribution is 2.66. The normalized spacial score (nSPS) is 29.3. The third-order valence-corrected chi connectivity index (χ3v) is 8.54. The molecule has 17 nitrogen and oxygen atoms in total. The highest BCUT2D eigenvalue weighted by atomic mass is 35.5. The van der Waals surface area contributed by atoms with E-state index in [1.807, 2.05) is 0 Å². The summed E-state index contributed by atoms with van der Waals surface area (Å²) in [6, 6.07) is 0. The molecule has 0 aromatic carbocycles. The van der Waals surface area contributed by atoms with E-state index in [1.54, 1.807) is 7.05 Å². The molecule has 1 aliphatic rings. The van der Waals surface area contributed by atoms with Gasteiger partial charge in [0.2, 0.25) is 0 Å². The number of hydrogen-bond donors (Lipinski definition) is 7. The zero-order valence-corrected chi connectivity index (χ0v) is 20.7. The summed E-state index contributed by atoms with van der Waals surface area (Å²) in [6.07, 6.45) is -2.77. The van der Waals surface area contributed by atoms with Gasteiger partial charge in [0.25, 0.3) is 0 Å². The molecule has 0 aliphatic carbocycles. The Hall–Kier alpha value is -0.900. The van der Waals surface area contributed by atoms with Crippen LogP contribution in [-0.2, 0) is 31.6 Å². The summed E-state index contributed by atoms with van der Waals surface area (Å²) in [5, 5.41) is 13.4. The summed E-state index contributed by atoms with van der Waals surface area (Å²) in [6.45, 7) is 0.525. The number of anilines is 3. The third kappa shape index (κ3) is 7.05. The number of phosphoric ester groups is 1. The number of halogens is 1. The van der Waals surface area contributed by atoms with Gasteiger partial charge in [-0.1, -0.05) is 0 Å². The highest BCUT2D eigenvalue weighted by Gasteiger charge is 2.55. The van der Waals surface area contributed by atoms with E-state index in [0.717, 1.165) is 0 Å². The number of ether oxygens (including phenoxy) is 1. The van der Waals surface area contributed by atoms with Crippen molar-refractivity contribution in [3.8, 4) is 0 Å². The van der Waals surface area contributed by atoms with E-state index in [1.165, 1.54) is 25.2 Å². The van der Waals surface area contributed by atoms with Gasteiger partial charge in [0, 0.05) is 14.1 Å². The zero-order chi connectivity index (χ0) is 25.4. The van der Waals surface area contributed by atoms with Gasteiger partial charge in [-0.2, -0.15) is 8.62 Å². The minimum absolute atomic E-state index is 0.119.